The molecular weight excluding hydrogens is 309 g/mol. The van der Waals surface area contributed by atoms with Gasteiger partial charge in [-0.2, -0.15) is 13.2 Å². The first-order valence-corrected chi connectivity index (χ1v) is 6.84. The van der Waals surface area contributed by atoms with E-state index in [1.807, 2.05) is 19.2 Å². The van der Waals surface area contributed by atoms with Crippen molar-refractivity contribution < 1.29 is 17.9 Å². The highest BCUT2D eigenvalue weighted by molar-refractivity contribution is 5.63. The third-order valence-electron chi connectivity index (χ3n) is 3.18. The number of alkyl halides is 3. The van der Waals surface area contributed by atoms with Crippen molar-refractivity contribution >= 4 is 11.6 Å². The van der Waals surface area contributed by atoms with Gasteiger partial charge in [0, 0.05) is 12.7 Å². The van der Waals surface area contributed by atoms with E-state index in [1.54, 1.807) is 6.07 Å². The van der Waals surface area contributed by atoms with Crippen molar-refractivity contribution in [2.45, 2.75) is 19.6 Å². The summed E-state index contributed by atoms with van der Waals surface area (Å²) in [5.74, 6) is 0.633. The number of methoxy groups -OCH3 is 1. The summed E-state index contributed by atoms with van der Waals surface area (Å²) in [5, 5.41) is 5.90. The second-order valence-electron chi connectivity index (χ2n) is 4.88. The summed E-state index contributed by atoms with van der Waals surface area (Å²) in [7, 11) is 3.35. The van der Waals surface area contributed by atoms with Gasteiger partial charge in [0.05, 0.1) is 24.1 Å². The molecule has 0 radical (unpaired) electrons. The van der Waals surface area contributed by atoms with Crippen molar-refractivity contribution in [2.75, 3.05) is 19.5 Å². The van der Waals surface area contributed by atoms with Crippen LogP contribution in [0.1, 0.15) is 16.8 Å². The number of hydrogen-bond acceptors (Lipinski definition) is 5. The monoisotopic (exact) mass is 326 g/mol. The average Bonchev–Trinajstić information content (AvgIpc) is 2.47. The van der Waals surface area contributed by atoms with Gasteiger partial charge in [0.15, 0.2) is 0 Å². The van der Waals surface area contributed by atoms with Crippen LogP contribution < -0.4 is 15.4 Å². The lowest BCUT2D eigenvalue weighted by Crippen LogP contribution is -2.11. The lowest BCUT2D eigenvalue weighted by Gasteiger charge is -2.13. The molecule has 8 heteroatoms. The maximum absolute atomic E-state index is 12.7. The number of aryl methyl sites for hydroxylation is 1. The third kappa shape index (κ3) is 4.10. The van der Waals surface area contributed by atoms with Crippen LogP contribution >= 0.6 is 0 Å². The average molecular weight is 326 g/mol. The topological polar surface area (TPSA) is 59.1 Å². The van der Waals surface area contributed by atoms with Crippen LogP contribution in [-0.2, 0) is 12.7 Å². The SMILES string of the molecule is CNCc1ccc(Nc2ncc(C(F)(F)F)c(C)n2)c(OC)c1. The van der Waals surface area contributed by atoms with Gasteiger partial charge in [-0.05, 0) is 31.7 Å². The Bertz CT molecular complexity index is 689. The molecule has 23 heavy (non-hydrogen) atoms. The molecule has 0 amide bonds. The highest BCUT2D eigenvalue weighted by Gasteiger charge is 2.33. The number of nitrogens with zero attached hydrogens (tertiary/aromatic N) is 2. The molecule has 2 N–H and O–H groups in total. The third-order valence-corrected chi connectivity index (χ3v) is 3.18. The smallest absolute Gasteiger partial charge is 0.419 e. The number of anilines is 2. The Balaban J connectivity index is 2.27. The highest BCUT2D eigenvalue weighted by atomic mass is 19.4. The minimum atomic E-state index is -4.46. The summed E-state index contributed by atoms with van der Waals surface area (Å²) in [6.45, 7) is 1.97. The van der Waals surface area contributed by atoms with Crippen molar-refractivity contribution in [2.24, 2.45) is 0 Å². The highest BCUT2D eigenvalue weighted by Crippen LogP contribution is 2.32. The number of benzene rings is 1. The van der Waals surface area contributed by atoms with Crippen LogP contribution in [0.5, 0.6) is 5.75 Å². The largest absolute Gasteiger partial charge is 0.495 e. The Labute approximate surface area is 131 Å². The van der Waals surface area contributed by atoms with Crippen LogP contribution in [0.25, 0.3) is 0 Å². The molecule has 0 aliphatic heterocycles. The molecule has 2 rings (SSSR count). The molecule has 0 saturated carbocycles. The van der Waals surface area contributed by atoms with Crippen LogP contribution in [0.4, 0.5) is 24.8 Å². The number of rotatable bonds is 5. The van der Waals surface area contributed by atoms with E-state index in [0.717, 1.165) is 11.8 Å². The maximum Gasteiger partial charge on any atom is 0.419 e. The van der Waals surface area contributed by atoms with E-state index in [0.29, 0.717) is 18.0 Å². The molecule has 1 heterocycles. The molecule has 0 atom stereocenters. The molecule has 0 unspecified atom stereocenters. The van der Waals surface area contributed by atoms with Crippen molar-refractivity contribution in [3.05, 3.63) is 41.2 Å². The van der Waals surface area contributed by atoms with Crippen LogP contribution in [0.2, 0.25) is 0 Å². The molecule has 1 aromatic carbocycles. The quantitative estimate of drug-likeness (QED) is 0.883. The zero-order valence-electron chi connectivity index (χ0n) is 13.0. The molecule has 0 bridgehead atoms. The lowest BCUT2D eigenvalue weighted by molar-refractivity contribution is -0.138. The molecular formula is C15H17F3N4O. The fourth-order valence-electron chi connectivity index (χ4n) is 2.08. The normalized spacial score (nSPS) is 11.4. The minimum absolute atomic E-state index is 0.0789. The predicted octanol–water partition coefficient (Wildman–Crippen LogP) is 3.28. The standard InChI is InChI=1S/C15H17F3N4O/c1-9-11(15(16,17)18)8-20-14(21-9)22-12-5-4-10(7-19-2)6-13(12)23-3/h4-6,8,19H,7H2,1-3H3,(H,20,21,22). The van der Waals surface area contributed by atoms with Gasteiger partial charge in [-0.25, -0.2) is 9.97 Å². The maximum atomic E-state index is 12.7. The second kappa shape index (κ2) is 6.82. The number of hydrogen-bond donors (Lipinski definition) is 2. The van der Waals surface area contributed by atoms with Crippen molar-refractivity contribution in [1.82, 2.24) is 15.3 Å². The molecule has 1 aromatic heterocycles. The fraction of sp³-hybridized carbons (Fsp3) is 0.333. The summed E-state index contributed by atoms with van der Waals surface area (Å²) in [4.78, 5) is 7.58. The molecule has 0 aliphatic carbocycles. The van der Waals surface area contributed by atoms with E-state index >= 15 is 0 Å². The first kappa shape index (κ1) is 17.0. The van der Waals surface area contributed by atoms with Gasteiger partial charge in [0.2, 0.25) is 5.95 Å². The minimum Gasteiger partial charge on any atom is -0.495 e. The van der Waals surface area contributed by atoms with E-state index in [1.165, 1.54) is 14.0 Å². The van der Waals surface area contributed by atoms with Gasteiger partial charge in [-0.15, -0.1) is 0 Å². The van der Waals surface area contributed by atoms with E-state index in [4.69, 9.17) is 4.74 Å². The number of aromatic nitrogens is 2. The molecule has 124 valence electrons. The van der Waals surface area contributed by atoms with Gasteiger partial charge >= 0.3 is 6.18 Å². The Morgan fingerprint density at radius 2 is 2.00 bits per heavy atom. The molecule has 0 saturated heterocycles. The lowest BCUT2D eigenvalue weighted by atomic mass is 10.2. The Morgan fingerprint density at radius 1 is 1.26 bits per heavy atom. The molecule has 0 spiro atoms. The summed E-state index contributed by atoms with van der Waals surface area (Å²) in [6, 6.07) is 5.47. The van der Waals surface area contributed by atoms with Crippen molar-refractivity contribution in [3.8, 4) is 5.75 Å². The van der Waals surface area contributed by atoms with Gasteiger partial charge in [0.1, 0.15) is 5.75 Å². The van der Waals surface area contributed by atoms with E-state index in [9.17, 15) is 13.2 Å². The summed E-state index contributed by atoms with van der Waals surface area (Å²) >= 11 is 0. The van der Waals surface area contributed by atoms with Gasteiger partial charge in [0.25, 0.3) is 0 Å². The summed E-state index contributed by atoms with van der Waals surface area (Å²) in [6.07, 6.45) is -3.69. The molecule has 5 nitrogen and oxygen atoms in total. The number of halogens is 3. The molecule has 0 fully saturated rings. The van der Waals surface area contributed by atoms with Crippen LogP contribution in [-0.4, -0.2) is 24.1 Å². The molecule has 2 aromatic rings. The number of nitrogens with one attached hydrogen (secondary N) is 2. The molecule has 0 aliphatic rings. The van der Waals surface area contributed by atoms with Gasteiger partial charge in [-0.3, -0.25) is 0 Å². The Morgan fingerprint density at radius 3 is 2.57 bits per heavy atom. The van der Waals surface area contributed by atoms with E-state index in [-0.39, 0.29) is 11.6 Å². The van der Waals surface area contributed by atoms with E-state index in [2.05, 4.69) is 20.6 Å². The predicted molar refractivity (Wildman–Crippen MR) is 80.8 cm³/mol. The summed E-state index contributed by atoms with van der Waals surface area (Å²) < 4.78 is 43.4. The first-order chi connectivity index (χ1) is 10.8. The van der Waals surface area contributed by atoms with Gasteiger partial charge in [-0.1, -0.05) is 6.07 Å². The van der Waals surface area contributed by atoms with Gasteiger partial charge < -0.3 is 15.4 Å². The van der Waals surface area contributed by atoms with Crippen LogP contribution in [0.3, 0.4) is 0 Å². The van der Waals surface area contributed by atoms with Crippen LogP contribution in [0, 0.1) is 6.92 Å². The van der Waals surface area contributed by atoms with Crippen LogP contribution in [0.15, 0.2) is 24.4 Å². The Hall–Kier alpha value is -2.35. The van der Waals surface area contributed by atoms with E-state index < -0.39 is 11.7 Å². The summed E-state index contributed by atoms with van der Waals surface area (Å²) in [5.41, 5.74) is 0.603. The second-order valence-corrected chi connectivity index (χ2v) is 4.88. The zero-order valence-corrected chi connectivity index (χ0v) is 13.0. The first-order valence-electron chi connectivity index (χ1n) is 6.84. The zero-order chi connectivity index (χ0) is 17.0. The Kier molecular flexibility index (Phi) is 5.05. The number of ether oxygens (including phenoxy) is 1. The van der Waals surface area contributed by atoms with Crippen molar-refractivity contribution in [1.29, 1.82) is 0 Å². The fourth-order valence-corrected chi connectivity index (χ4v) is 2.08. The van der Waals surface area contributed by atoms with Crippen molar-refractivity contribution in [3.63, 3.8) is 0 Å².